The third-order valence-electron chi connectivity index (χ3n) is 7.27. The Morgan fingerprint density at radius 2 is 1.67 bits per heavy atom. The van der Waals surface area contributed by atoms with Crippen LogP contribution in [0.15, 0.2) is 54.6 Å². The van der Waals surface area contributed by atoms with E-state index in [-0.39, 0.29) is 40.7 Å². The molecule has 0 amide bonds. The minimum atomic E-state index is -1.77. The number of fused-ring (bicyclic) bond motifs is 1. The van der Waals surface area contributed by atoms with Crippen molar-refractivity contribution in [1.29, 1.82) is 0 Å². The van der Waals surface area contributed by atoms with Gasteiger partial charge in [-0.1, -0.05) is 12.1 Å². The van der Waals surface area contributed by atoms with Crippen molar-refractivity contribution in [2.24, 2.45) is 0 Å². The number of carbonyl (C=O) groups excluding carboxylic acids is 2. The molecule has 0 radical (unpaired) electrons. The molecule has 6 unspecified atom stereocenters. The standard InChI is InChI=1S/C31H30O14/c1-41-23-8-14(2-5-18(23)33)3-7-26(37)42-13-25-28(38)29(39)30(40)31(45-25)43-16-10-20(35)27-21(36)12-22(44-24(27)11-16)15-4-6-17(32)19(34)9-15/h2-11,22,25,28-35,38-40H,12-13H2,1H3. The number of aromatic hydroxyl groups is 4. The molecule has 45 heavy (non-hydrogen) atoms. The molecule has 7 N–H and O–H groups in total. The zero-order valence-electron chi connectivity index (χ0n) is 23.6. The molecule has 3 aromatic carbocycles. The van der Waals surface area contributed by atoms with Gasteiger partial charge in [-0.25, -0.2) is 4.79 Å². The Bertz CT molecular complexity index is 1620. The number of phenolic OH excluding ortho intramolecular Hbond substituents is 4. The first-order chi connectivity index (χ1) is 21.4. The molecule has 14 nitrogen and oxygen atoms in total. The molecule has 0 saturated carbocycles. The molecule has 0 bridgehead atoms. The van der Waals surface area contributed by atoms with Crippen LogP contribution in [0.4, 0.5) is 0 Å². The molecule has 6 atom stereocenters. The summed E-state index contributed by atoms with van der Waals surface area (Å²) in [5.74, 6) is -2.64. The second-order valence-electron chi connectivity index (χ2n) is 10.3. The van der Waals surface area contributed by atoms with Gasteiger partial charge in [-0.15, -0.1) is 0 Å². The number of phenols is 4. The number of carbonyl (C=O) groups is 2. The number of rotatable bonds is 8. The highest BCUT2D eigenvalue weighted by atomic mass is 16.7. The summed E-state index contributed by atoms with van der Waals surface area (Å²) < 4.78 is 27.3. The number of esters is 1. The van der Waals surface area contributed by atoms with E-state index in [0.29, 0.717) is 11.1 Å². The second-order valence-corrected chi connectivity index (χ2v) is 10.3. The first kappa shape index (κ1) is 31.4. The first-order valence-electron chi connectivity index (χ1n) is 13.6. The van der Waals surface area contributed by atoms with Gasteiger partial charge in [0.25, 0.3) is 0 Å². The Kier molecular flexibility index (Phi) is 9.01. The number of aliphatic hydroxyl groups excluding tert-OH is 3. The van der Waals surface area contributed by atoms with Crippen molar-refractivity contribution >= 4 is 17.8 Å². The Morgan fingerprint density at radius 1 is 0.911 bits per heavy atom. The van der Waals surface area contributed by atoms with E-state index < -0.39 is 66.7 Å². The van der Waals surface area contributed by atoms with Crippen LogP contribution in [0.1, 0.15) is 34.0 Å². The van der Waals surface area contributed by atoms with Crippen LogP contribution >= 0.6 is 0 Å². The number of ketones is 1. The van der Waals surface area contributed by atoms with Gasteiger partial charge >= 0.3 is 5.97 Å². The largest absolute Gasteiger partial charge is 0.507 e. The van der Waals surface area contributed by atoms with E-state index in [2.05, 4.69) is 0 Å². The number of hydrogen-bond acceptors (Lipinski definition) is 14. The molecule has 3 aromatic rings. The highest BCUT2D eigenvalue weighted by molar-refractivity contribution is 6.02. The van der Waals surface area contributed by atoms with E-state index in [1.54, 1.807) is 0 Å². The summed E-state index contributed by atoms with van der Waals surface area (Å²) in [6.45, 7) is -0.541. The van der Waals surface area contributed by atoms with Crippen LogP contribution in [0.5, 0.6) is 40.2 Å². The van der Waals surface area contributed by atoms with Crippen molar-refractivity contribution in [3.05, 3.63) is 71.3 Å². The van der Waals surface area contributed by atoms with Gasteiger partial charge in [0, 0.05) is 18.2 Å². The van der Waals surface area contributed by atoms with Gasteiger partial charge in [0.15, 0.2) is 28.8 Å². The Morgan fingerprint density at radius 3 is 2.40 bits per heavy atom. The molecule has 0 spiro atoms. The van der Waals surface area contributed by atoms with Crippen molar-refractivity contribution < 1.29 is 69.0 Å². The van der Waals surface area contributed by atoms with Gasteiger partial charge in [0.2, 0.25) is 6.29 Å². The predicted molar refractivity (Wildman–Crippen MR) is 152 cm³/mol. The minimum absolute atomic E-state index is 0.0757. The number of Topliss-reactive ketones (excluding diaryl/α,β-unsaturated/α-hetero) is 1. The molecular weight excluding hydrogens is 596 g/mol. The van der Waals surface area contributed by atoms with Gasteiger partial charge in [-0.3, -0.25) is 4.79 Å². The molecule has 0 aliphatic carbocycles. The van der Waals surface area contributed by atoms with E-state index in [0.717, 1.165) is 12.1 Å². The van der Waals surface area contributed by atoms with E-state index in [1.807, 2.05) is 0 Å². The molecule has 238 valence electrons. The molecule has 1 saturated heterocycles. The highest BCUT2D eigenvalue weighted by Gasteiger charge is 2.45. The van der Waals surface area contributed by atoms with Crippen molar-refractivity contribution in [2.45, 2.75) is 43.2 Å². The third-order valence-corrected chi connectivity index (χ3v) is 7.27. The summed E-state index contributed by atoms with van der Waals surface area (Å²) in [5.41, 5.74) is 0.785. The van der Waals surface area contributed by atoms with Gasteiger partial charge in [0.1, 0.15) is 59.9 Å². The van der Waals surface area contributed by atoms with Gasteiger partial charge < -0.3 is 59.4 Å². The number of hydrogen-bond donors (Lipinski definition) is 7. The van der Waals surface area contributed by atoms with Crippen molar-refractivity contribution in [3.63, 3.8) is 0 Å². The number of aliphatic hydroxyl groups is 3. The Hall–Kier alpha value is -5.02. The average Bonchev–Trinajstić information content (AvgIpc) is 3.01. The van der Waals surface area contributed by atoms with E-state index in [9.17, 15) is 45.3 Å². The lowest BCUT2D eigenvalue weighted by molar-refractivity contribution is -0.278. The van der Waals surface area contributed by atoms with E-state index in [1.165, 1.54) is 55.7 Å². The maximum absolute atomic E-state index is 12.8. The van der Waals surface area contributed by atoms with Gasteiger partial charge in [-0.05, 0) is 41.5 Å². The first-order valence-corrected chi connectivity index (χ1v) is 13.6. The van der Waals surface area contributed by atoms with Crippen LogP contribution in [0, 0.1) is 0 Å². The summed E-state index contributed by atoms with van der Waals surface area (Å²) in [5, 5.41) is 71.1. The van der Waals surface area contributed by atoms with Crippen LogP contribution in [0.2, 0.25) is 0 Å². The third kappa shape index (κ3) is 6.73. The minimum Gasteiger partial charge on any atom is -0.507 e. The van der Waals surface area contributed by atoms with Crippen LogP contribution < -0.4 is 14.2 Å². The molecule has 0 aromatic heterocycles. The normalized spacial score (nSPS) is 24.5. The number of methoxy groups -OCH3 is 1. The topological polar surface area (TPSA) is 222 Å². The van der Waals surface area contributed by atoms with Crippen molar-refractivity contribution in [2.75, 3.05) is 13.7 Å². The molecule has 5 rings (SSSR count). The molecule has 2 aliphatic heterocycles. The Labute approximate surface area is 255 Å². The summed E-state index contributed by atoms with van der Waals surface area (Å²) in [6, 6.07) is 10.7. The van der Waals surface area contributed by atoms with Gasteiger partial charge in [0.05, 0.1) is 13.5 Å². The average molecular weight is 627 g/mol. The van der Waals surface area contributed by atoms with Crippen LogP contribution in [0.3, 0.4) is 0 Å². The lowest BCUT2D eigenvalue weighted by Gasteiger charge is -2.40. The van der Waals surface area contributed by atoms with Crippen LogP contribution in [-0.4, -0.2) is 91.9 Å². The zero-order valence-corrected chi connectivity index (χ0v) is 23.6. The maximum atomic E-state index is 12.8. The van der Waals surface area contributed by atoms with Crippen LogP contribution in [-0.2, 0) is 14.3 Å². The van der Waals surface area contributed by atoms with E-state index in [4.69, 9.17) is 23.7 Å². The fraction of sp³-hybridized carbons (Fsp3) is 0.290. The predicted octanol–water partition coefficient (Wildman–Crippen LogP) is 1.67. The fourth-order valence-electron chi connectivity index (χ4n) is 4.87. The molecule has 14 heteroatoms. The van der Waals surface area contributed by atoms with Crippen molar-refractivity contribution in [1.82, 2.24) is 0 Å². The maximum Gasteiger partial charge on any atom is 0.330 e. The smallest absolute Gasteiger partial charge is 0.330 e. The summed E-state index contributed by atoms with van der Waals surface area (Å²) in [4.78, 5) is 25.1. The van der Waals surface area contributed by atoms with Crippen LogP contribution in [0.25, 0.3) is 6.08 Å². The van der Waals surface area contributed by atoms with Crippen molar-refractivity contribution in [3.8, 4) is 40.2 Å². The zero-order chi connectivity index (χ0) is 32.4. The Balaban J connectivity index is 1.26. The van der Waals surface area contributed by atoms with E-state index >= 15 is 0 Å². The molecule has 2 aliphatic rings. The fourth-order valence-corrected chi connectivity index (χ4v) is 4.87. The monoisotopic (exact) mass is 626 g/mol. The lowest BCUT2D eigenvalue weighted by Crippen LogP contribution is -2.60. The second kappa shape index (κ2) is 12.9. The molecular formula is C31H30O14. The molecule has 1 fully saturated rings. The summed E-state index contributed by atoms with van der Waals surface area (Å²) in [6.07, 6.45) is -6.72. The number of benzene rings is 3. The molecule has 2 heterocycles. The lowest BCUT2D eigenvalue weighted by atomic mass is 9.95. The number of ether oxygens (including phenoxy) is 5. The quantitative estimate of drug-likeness (QED) is 0.107. The summed E-state index contributed by atoms with van der Waals surface area (Å²) >= 11 is 0. The summed E-state index contributed by atoms with van der Waals surface area (Å²) in [7, 11) is 1.37. The van der Waals surface area contributed by atoms with Gasteiger partial charge in [-0.2, -0.15) is 0 Å². The highest BCUT2D eigenvalue weighted by Crippen LogP contribution is 2.43. The SMILES string of the molecule is COc1cc(C=CC(=O)OCC2OC(Oc3cc(O)c4c(c3)OC(c3ccc(O)c(O)c3)CC4=O)C(O)C(O)C2O)ccc1O.